The van der Waals surface area contributed by atoms with E-state index in [0.29, 0.717) is 6.42 Å². The lowest BCUT2D eigenvalue weighted by atomic mass is 9.60. The van der Waals surface area contributed by atoms with Crippen LogP contribution in [0.2, 0.25) is 0 Å². The predicted molar refractivity (Wildman–Crippen MR) is 67.2 cm³/mol. The van der Waals surface area contributed by atoms with Gasteiger partial charge in [-0.2, -0.15) is 0 Å². The zero-order chi connectivity index (χ0) is 17.7. The summed E-state index contributed by atoms with van der Waals surface area (Å²) in [6, 6.07) is 0. The molecule has 124 valence electrons. The molecule has 0 unspecified atom stereocenters. The van der Waals surface area contributed by atoms with Gasteiger partial charge in [-0.25, -0.2) is 0 Å². The van der Waals surface area contributed by atoms with Crippen molar-refractivity contribution in [3.8, 4) is 0 Å². The molecule has 0 aliphatic carbocycles. The first kappa shape index (κ1) is 19.4. The van der Waals surface area contributed by atoms with Gasteiger partial charge in [-0.15, -0.1) is 0 Å². The summed E-state index contributed by atoms with van der Waals surface area (Å²) in [5.74, 6) is -12.3. The second kappa shape index (κ2) is 6.87. The Hall–Kier alpha value is -2.65. The molecular formula is C12H16O10. The summed E-state index contributed by atoms with van der Waals surface area (Å²) in [6.07, 6.45) is -0.339. The first-order valence-electron chi connectivity index (χ1n) is 6.20. The van der Waals surface area contributed by atoms with Crippen LogP contribution in [0.25, 0.3) is 0 Å². The summed E-state index contributed by atoms with van der Waals surface area (Å²) in [7, 11) is 0. The number of unbranched alkanes of at least 4 members (excludes halogenated alkanes) is 2. The van der Waals surface area contributed by atoms with Gasteiger partial charge >= 0.3 is 29.8 Å². The Morgan fingerprint density at radius 3 is 1.27 bits per heavy atom. The third-order valence-corrected chi connectivity index (χ3v) is 3.49. The molecule has 0 saturated heterocycles. The third kappa shape index (κ3) is 2.59. The summed E-state index contributed by atoms with van der Waals surface area (Å²) in [5, 5.41) is 45.6. The van der Waals surface area contributed by atoms with E-state index in [1.54, 1.807) is 6.92 Å². The fourth-order valence-corrected chi connectivity index (χ4v) is 2.28. The average Bonchev–Trinajstić information content (AvgIpc) is 2.35. The van der Waals surface area contributed by atoms with Crippen LogP contribution in [0.5, 0.6) is 0 Å². The monoisotopic (exact) mass is 320 g/mol. The SMILES string of the molecule is CCCCCC(C(=O)O)(C(=O)O)C(C(=O)O)(C(=O)O)C(=O)O. The van der Waals surface area contributed by atoms with E-state index in [9.17, 15) is 34.2 Å². The Labute approximate surface area is 124 Å². The van der Waals surface area contributed by atoms with Crippen molar-refractivity contribution >= 4 is 29.8 Å². The minimum Gasteiger partial charge on any atom is -0.480 e. The van der Waals surface area contributed by atoms with Gasteiger partial charge in [0.25, 0.3) is 5.41 Å². The van der Waals surface area contributed by atoms with Crippen LogP contribution < -0.4 is 0 Å². The Balaban J connectivity index is 6.60. The molecule has 0 heterocycles. The minimum absolute atomic E-state index is 0.162. The van der Waals surface area contributed by atoms with E-state index in [0.717, 1.165) is 0 Å². The number of hydrogen-bond acceptors (Lipinski definition) is 5. The molecule has 0 radical (unpaired) electrons. The Kier molecular flexibility index (Phi) is 6.04. The lowest BCUT2D eigenvalue weighted by Crippen LogP contribution is -2.65. The van der Waals surface area contributed by atoms with Gasteiger partial charge in [-0.05, 0) is 6.42 Å². The Bertz CT molecular complexity index is 456. The minimum atomic E-state index is -4.04. The quantitative estimate of drug-likeness (QED) is 0.270. The third-order valence-electron chi connectivity index (χ3n) is 3.49. The lowest BCUT2D eigenvalue weighted by molar-refractivity contribution is -0.203. The van der Waals surface area contributed by atoms with E-state index in [4.69, 9.17) is 15.3 Å². The molecule has 0 amide bonds. The fourth-order valence-electron chi connectivity index (χ4n) is 2.28. The predicted octanol–water partition coefficient (Wildman–Crippen LogP) is -0.0375. The van der Waals surface area contributed by atoms with Crippen LogP contribution in [0.1, 0.15) is 32.6 Å². The van der Waals surface area contributed by atoms with Gasteiger partial charge in [0.05, 0.1) is 0 Å². The summed E-state index contributed by atoms with van der Waals surface area (Å²) in [5.41, 5.74) is -7.58. The molecule has 0 bridgehead atoms. The van der Waals surface area contributed by atoms with E-state index >= 15 is 0 Å². The molecular weight excluding hydrogens is 304 g/mol. The molecule has 0 aromatic carbocycles. The molecule has 0 atom stereocenters. The second-order valence-corrected chi connectivity index (χ2v) is 4.64. The van der Waals surface area contributed by atoms with Gasteiger partial charge in [0.2, 0.25) is 5.41 Å². The van der Waals surface area contributed by atoms with Crippen molar-refractivity contribution in [1.82, 2.24) is 0 Å². The van der Waals surface area contributed by atoms with Crippen LogP contribution in [-0.4, -0.2) is 55.4 Å². The van der Waals surface area contributed by atoms with Gasteiger partial charge in [0.15, 0.2) is 0 Å². The molecule has 10 nitrogen and oxygen atoms in total. The van der Waals surface area contributed by atoms with E-state index in [1.165, 1.54) is 0 Å². The molecule has 0 saturated carbocycles. The molecule has 22 heavy (non-hydrogen) atoms. The van der Waals surface area contributed by atoms with Crippen molar-refractivity contribution in [3.63, 3.8) is 0 Å². The summed E-state index contributed by atoms with van der Waals surface area (Å²) >= 11 is 0. The maximum absolute atomic E-state index is 11.4. The highest BCUT2D eigenvalue weighted by atomic mass is 16.4. The van der Waals surface area contributed by atoms with Crippen LogP contribution in [-0.2, 0) is 24.0 Å². The zero-order valence-corrected chi connectivity index (χ0v) is 11.6. The number of carbonyl (C=O) groups is 5. The highest BCUT2D eigenvalue weighted by molar-refractivity contribution is 6.24. The molecule has 0 aromatic heterocycles. The van der Waals surface area contributed by atoms with Crippen molar-refractivity contribution in [2.24, 2.45) is 10.8 Å². The smallest absolute Gasteiger partial charge is 0.334 e. The average molecular weight is 320 g/mol. The van der Waals surface area contributed by atoms with Gasteiger partial charge in [0.1, 0.15) is 0 Å². The lowest BCUT2D eigenvalue weighted by Gasteiger charge is -2.35. The standard InChI is InChI=1S/C12H16O10/c1-2-3-4-5-11(6(13)14,7(15)16)12(8(17)18,9(19)20)10(21)22/h2-5H2,1H3,(H,13,14)(H,15,16)(H,17,18)(H,19,20)(H,21,22). The molecule has 0 aliphatic rings. The van der Waals surface area contributed by atoms with Crippen molar-refractivity contribution < 1.29 is 49.5 Å². The van der Waals surface area contributed by atoms with Crippen molar-refractivity contribution in [2.75, 3.05) is 0 Å². The van der Waals surface area contributed by atoms with Crippen molar-refractivity contribution in [1.29, 1.82) is 0 Å². The van der Waals surface area contributed by atoms with E-state index < -0.39 is 47.1 Å². The molecule has 0 rings (SSSR count). The zero-order valence-electron chi connectivity index (χ0n) is 11.6. The van der Waals surface area contributed by atoms with Crippen LogP contribution >= 0.6 is 0 Å². The van der Waals surface area contributed by atoms with E-state index in [2.05, 4.69) is 0 Å². The molecule has 5 N–H and O–H groups in total. The Morgan fingerprint density at radius 1 is 0.682 bits per heavy atom. The number of carboxylic acids is 5. The normalized spacial score (nSPS) is 11.7. The van der Waals surface area contributed by atoms with Crippen LogP contribution in [0.3, 0.4) is 0 Å². The van der Waals surface area contributed by atoms with E-state index in [1.807, 2.05) is 0 Å². The van der Waals surface area contributed by atoms with Crippen molar-refractivity contribution in [2.45, 2.75) is 32.6 Å². The van der Waals surface area contributed by atoms with Crippen LogP contribution in [0, 0.1) is 10.8 Å². The maximum Gasteiger partial charge on any atom is 0.334 e. The van der Waals surface area contributed by atoms with Gasteiger partial charge in [-0.3, -0.25) is 24.0 Å². The summed E-state index contributed by atoms with van der Waals surface area (Å²) in [4.78, 5) is 56.8. The first-order valence-corrected chi connectivity index (χ1v) is 6.20. The van der Waals surface area contributed by atoms with Gasteiger partial charge < -0.3 is 25.5 Å². The summed E-state index contributed by atoms with van der Waals surface area (Å²) in [6.45, 7) is 1.68. The molecule has 0 fully saturated rings. The summed E-state index contributed by atoms with van der Waals surface area (Å²) < 4.78 is 0. The van der Waals surface area contributed by atoms with E-state index in [-0.39, 0.29) is 12.8 Å². The molecule has 0 spiro atoms. The van der Waals surface area contributed by atoms with Crippen LogP contribution in [0.15, 0.2) is 0 Å². The van der Waals surface area contributed by atoms with Crippen LogP contribution in [0.4, 0.5) is 0 Å². The highest BCUT2D eigenvalue weighted by Gasteiger charge is 2.76. The largest absolute Gasteiger partial charge is 0.480 e. The number of hydrogen-bond donors (Lipinski definition) is 5. The number of carboxylic acid groups (broad SMARTS) is 5. The molecule has 10 heteroatoms. The Morgan fingerprint density at radius 2 is 1.05 bits per heavy atom. The number of rotatable bonds is 10. The maximum atomic E-state index is 11.4. The fraction of sp³-hybridized carbons (Fsp3) is 0.583. The second-order valence-electron chi connectivity index (χ2n) is 4.64. The highest BCUT2D eigenvalue weighted by Crippen LogP contribution is 2.46. The van der Waals surface area contributed by atoms with Gasteiger partial charge in [-0.1, -0.05) is 26.2 Å². The first-order chi connectivity index (χ1) is 10.0. The molecule has 0 aromatic rings. The molecule has 0 aliphatic heterocycles. The topological polar surface area (TPSA) is 186 Å². The van der Waals surface area contributed by atoms with Gasteiger partial charge in [0, 0.05) is 0 Å². The van der Waals surface area contributed by atoms with Crippen molar-refractivity contribution in [3.05, 3.63) is 0 Å². The number of aliphatic carboxylic acids is 5.